The highest BCUT2D eigenvalue weighted by Crippen LogP contribution is 2.34. The van der Waals surface area contributed by atoms with Crippen molar-refractivity contribution in [1.29, 1.82) is 0 Å². The molecule has 1 saturated carbocycles. The Morgan fingerprint density at radius 2 is 1.51 bits per heavy atom. The molecule has 294 valence electrons. The molecule has 1 unspecified atom stereocenters. The van der Waals surface area contributed by atoms with Crippen LogP contribution in [0.2, 0.25) is 0 Å². The maximum atomic E-state index is 13.2. The first-order valence-electron chi connectivity index (χ1n) is 19.7. The summed E-state index contributed by atoms with van der Waals surface area (Å²) in [7, 11) is 2.08. The number of rotatable bonds is 13. The fraction of sp³-hybridized carbons (Fsp3) is 0.395. The first kappa shape index (κ1) is 36.9. The third-order valence-electron chi connectivity index (χ3n) is 11.6. The lowest BCUT2D eigenvalue weighted by molar-refractivity contribution is -0.136. The van der Waals surface area contributed by atoms with Gasteiger partial charge in [0.2, 0.25) is 17.7 Å². The van der Waals surface area contributed by atoms with Crippen molar-refractivity contribution in [3.05, 3.63) is 84.3 Å². The first-order chi connectivity index (χ1) is 27.8. The molecular weight excluding hydrogens is 729 g/mol. The van der Waals surface area contributed by atoms with E-state index in [0.717, 1.165) is 76.9 Å². The molecule has 4 amide bonds. The standard InChI is InChI=1S/C43H44N6O8/c1-47-36-10-13-44-25-35(36)32-5-2-26(20-38(32)47)27-3-9-40(45-24-27)57-31-22-30(23-31)56-19-17-54-16-18-55-29-11-14-48(15-12-29)28-4-6-33-34(21-28)43(53)49(42(33)52)37-7-8-39(50)46-41(37)51/h2-6,9-10,13,20-21,24-25,29-31,37H,7-8,11-12,14-19,22-23H2,1H3,(H,46,50,51)/t30-,31-,37?. The zero-order valence-corrected chi connectivity index (χ0v) is 31.7. The number of ether oxygens (including phenoxy) is 4. The Balaban J connectivity index is 0.643. The van der Waals surface area contributed by atoms with E-state index in [4.69, 9.17) is 18.9 Å². The van der Waals surface area contributed by atoms with Crippen LogP contribution < -0.4 is 15.0 Å². The molecule has 3 aromatic heterocycles. The fourth-order valence-corrected chi connectivity index (χ4v) is 8.36. The van der Waals surface area contributed by atoms with Crippen molar-refractivity contribution in [2.24, 2.45) is 7.05 Å². The first-order valence-corrected chi connectivity index (χ1v) is 19.7. The summed E-state index contributed by atoms with van der Waals surface area (Å²) in [6, 6.07) is 16.8. The highest BCUT2D eigenvalue weighted by molar-refractivity contribution is 6.23. The summed E-state index contributed by atoms with van der Waals surface area (Å²) in [6.45, 7) is 3.48. The Bertz CT molecular complexity index is 2350. The van der Waals surface area contributed by atoms with Gasteiger partial charge in [-0.3, -0.25) is 34.4 Å². The van der Waals surface area contributed by atoms with Crippen LogP contribution in [-0.4, -0.2) is 107 Å². The summed E-state index contributed by atoms with van der Waals surface area (Å²) in [5.74, 6) is -1.39. The van der Waals surface area contributed by atoms with E-state index < -0.39 is 29.7 Å². The highest BCUT2D eigenvalue weighted by atomic mass is 16.6. The lowest BCUT2D eigenvalue weighted by Crippen LogP contribution is -2.54. The molecule has 14 heteroatoms. The second-order valence-electron chi connectivity index (χ2n) is 15.1. The van der Waals surface area contributed by atoms with E-state index in [2.05, 4.69) is 56.1 Å². The number of nitrogens with zero attached hydrogens (tertiary/aromatic N) is 5. The topological polar surface area (TPSA) is 154 Å². The number of nitrogens with one attached hydrogen (secondary N) is 1. The second kappa shape index (κ2) is 15.7. The van der Waals surface area contributed by atoms with Crippen LogP contribution in [0.25, 0.3) is 32.9 Å². The Hall–Kier alpha value is -5.70. The zero-order valence-electron chi connectivity index (χ0n) is 31.7. The zero-order chi connectivity index (χ0) is 39.0. The van der Waals surface area contributed by atoms with Crippen LogP contribution in [0.4, 0.5) is 5.69 Å². The number of benzene rings is 2. The molecule has 9 rings (SSSR count). The van der Waals surface area contributed by atoms with Crippen molar-refractivity contribution < 1.29 is 38.1 Å². The number of fused-ring (bicyclic) bond motifs is 4. The molecule has 6 heterocycles. The molecule has 1 aliphatic carbocycles. The minimum atomic E-state index is -0.975. The Morgan fingerprint density at radius 1 is 0.737 bits per heavy atom. The Kier molecular flexibility index (Phi) is 10.2. The molecule has 57 heavy (non-hydrogen) atoms. The SMILES string of the molecule is Cn1c2ccncc2c2ccc(-c3ccc(O[C@H]4C[C@H](OCCOCCOC5CCN(c6ccc7c(c6)C(=O)N(C6CCC(=O)NC6=O)C7=O)CC5)C4)nc3)cc21. The van der Waals surface area contributed by atoms with Gasteiger partial charge in [-0.1, -0.05) is 12.1 Å². The number of hydrogen-bond donors (Lipinski definition) is 1. The van der Waals surface area contributed by atoms with Gasteiger partial charge in [-0.25, -0.2) is 4.98 Å². The van der Waals surface area contributed by atoms with Crippen molar-refractivity contribution in [1.82, 2.24) is 24.8 Å². The molecular formula is C43H44N6O8. The van der Waals surface area contributed by atoms with E-state index in [0.29, 0.717) is 32.3 Å². The van der Waals surface area contributed by atoms with Gasteiger partial charge in [-0.15, -0.1) is 0 Å². The number of carbonyl (C=O) groups excluding carboxylic acids is 4. The number of imide groups is 2. The van der Waals surface area contributed by atoms with Crippen molar-refractivity contribution in [2.75, 3.05) is 44.4 Å². The lowest BCUT2D eigenvalue weighted by atomic mass is 9.92. The van der Waals surface area contributed by atoms with E-state index >= 15 is 0 Å². The molecule has 3 aliphatic heterocycles. The van der Waals surface area contributed by atoms with Crippen LogP contribution >= 0.6 is 0 Å². The third-order valence-corrected chi connectivity index (χ3v) is 11.6. The number of aromatic nitrogens is 3. The van der Waals surface area contributed by atoms with Gasteiger partial charge in [-0.05, 0) is 61.2 Å². The molecule has 5 aromatic rings. The molecule has 0 bridgehead atoms. The number of hydrogen-bond acceptors (Lipinski definition) is 11. The van der Waals surface area contributed by atoms with Gasteiger partial charge >= 0.3 is 0 Å². The fourth-order valence-electron chi connectivity index (χ4n) is 8.36. The molecule has 1 atom stereocenters. The van der Waals surface area contributed by atoms with Gasteiger partial charge in [-0.2, -0.15) is 0 Å². The number of aryl methyl sites for hydroxylation is 1. The minimum absolute atomic E-state index is 0.0829. The van der Waals surface area contributed by atoms with Crippen LogP contribution in [0.15, 0.2) is 73.2 Å². The summed E-state index contributed by atoms with van der Waals surface area (Å²) in [6.07, 6.45) is 9.44. The summed E-state index contributed by atoms with van der Waals surface area (Å²) < 4.78 is 26.1. The van der Waals surface area contributed by atoms with Gasteiger partial charge in [0.05, 0.1) is 55.3 Å². The molecule has 14 nitrogen and oxygen atoms in total. The molecule has 0 radical (unpaired) electrons. The Morgan fingerprint density at radius 3 is 2.28 bits per heavy atom. The number of amides is 4. The maximum absolute atomic E-state index is 13.2. The maximum Gasteiger partial charge on any atom is 0.262 e. The monoisotopic (exact) mass is 772 g/mol. The van der Waals surface area contributed by atoms with Crippen LogP contribution in [0.1, 0.15) is 59.2 Å². The summed E-state index contributed by atoms with van der Waals surface area (Å²) in [5, 5.41) is 4.56. The van der Waals surface area contributed by atoms with E-state index in [1.165, 1.54) is 5.39 Å². The summed E-state index contributed by atoms with van der Waals surface area (Å²) >= 11 is 0. The normalized spacial score (nSPS) is 21.3. The van der Waals surface area contributed by atoms with E-state index in [9.17, 15) is 19.2 Å². The molecule has 2 saturated heterocycles. The smallest absolute Gasteiger partial charge is 0.262 e. The highest BCUT2D eigenvalue weighted by Gasteiger charge is 2.45. The van der Waals surface area contributed by atoms with Crippen LogP contribution in [-0.2, 0) is 30.8 Å². The van der Waals surface area contributed by atoms with Crippen LogP contribution in [0, 0.1) is 0 Å². The van der Waals surface area contributed by atoms with Crippen molar-refractivity contribution >= 4 is 51.1 Å². The quantitative estimate of drug-likeness (QED) is 0.130. The molecule has 4 aliphatic rings. The lowest BCUT2D eigenvalue weighted by Gasteiger charge is -2.34. The molecule has 2 aromatic carbocycles. The summed E-state index contributed by atoms with van der Waals surface area (Å²) in [4.78, 5) is 62.2. The van der Waals surface area contributed by atoms with Gasteiger partial charge in [0.1, 0.15) is 12.1 Å². The van der Waals surface area contributed by atoms with Crippen molar-refractivity contribution in [3.8, 4) is 17.0 Å². The van der Waals surface area contributed by atoms with Gasteiger partial charge in [0.25, 0.3) is 11.8 Å². The van der Waals surface area contributed by atoms with Crippen LogP contribution in [0.3, 0.4) is 0 Å². The number of piperidine rings is 2. The molecule has 1 N–H and O–H groups in total. The minimum Gasteiger partial charge on any atom is -0.474 e. The Labute approximate surface area is 329 Å². The van der Waals surface area contributed by atoms with Gasteiger partial charge < -0.3 is 28.4 Å². The summed E-state index contributed by atoms with van der Waals surface area (Å²) in [5.41, 5.74) is 5.87. The van der Waals surface area contributed by atoms with Crippen molar-refractivity contribution in [3.63, 3.8) is 0 Å². The van der Waals surface area contributed by atoms with Crippen LogP contribution in [0.5, 0.6) is 5.88 Å². The number of pyridine rings is 2. The van der Waals surface area contributed by atoms with Crippen molar-refractivity contribution in [2.45, 2.75) is 62.9 Å². The van der Waals surface area contributed by atoms with Gasteiger partial charge in [0, 0.05) is 91.6 Å². The largest absolute Gasteiger partial charge is 0.474 e. The third kappa shape index (κ3) is 7.36. The number of anilines is 1. The van der Waals surface area contributed by atoms with E-state index in [1.54, 1.807) is 12.1 Å². The number of carbonyl (C=O) groups is 4. The van der Waals surface area contributed by atoms with E-state index in [-0.39, 0.29) is 42.3 Å². The second-order valence-corrected chi connectivity index (χ2v) is 15.1. The average molecular weight is 773 g/mol. The predicted octanol–water partition coefficient (Wildman–Crippen LogP) is 4.82. The molecule has 0 spiro atoms. The average Bonchev–Trinajstić information content (AvgIpc) is 3.64. The predicted molar refractivity (Wildman–Crippen MR) is 210 cm³/mol. The van der Waals surface area contributed by atoms with Gasteiger partial charge in [0.15, 0.2) is 0 Å². The van der Waals surface area contributed by atoms with E-state index in [1.807, 2.05) is 36.8 Å². The molecule has 3 fully saturated rings.